The lowest BCUT2D eigenvalue weighted by Crippen LogP contribution is -2.45. The Hall–Kier alpha value is -3.68. The molecule has 0 spiro atoms. The van der Waals surface area contributed by atoms with Crippen LogP contribution in [-0.2, 0) is 17.9 Å². The van der Waals surface area contributed by atoms with Gasteiger partial charge in [-0.3, -0.25) is 18.8 Å². The maximum atomic E-state index is 13.4. The lowest BCUT2D eigenvalue weighted by atomic mass is 10.2. The first-order valence-electron chi connectivity index (χ1n) is 10.5. The molecule has 1 aliphatic heterocycles. The Labute approximate surface area is 179 Å². The minimum Gasteiger partial charge on any atom is -0.355 e. The lowest BCUT2D eigenvalue weighted by Gasteiger charge is -2.33. The van der Waals surface area contributed by atoms with Crippen molar-refractivity contribution in [3.05, 3.63) is 59.0 Å². The molecule has 0 atom stereocenters. The van der Waals surface area contributed by atoms with Crippen molar-refractivity contribution in [1.82, 2.24) is 19.1 Å². The van der Waals surface area contributed by atoms with Crippen LogP contribution in [0.15, 0.2) is 53.3 Å². The summed E-state index contributed by atoms with van der Waals surface area (Å²) in [6.07, 6.45) is 0.844. The average Bonchev–Trinajstić information content (AvgIpc) is 3.04. The van der Waals surface area contributed by atoms with E-state index in [1.165, 1.54) is 0 Å². The number of benzene rings is 2. The molecule has 0 unspecified atom stereocenters. The van der Waals surface area contributed by atoms with Crippen LogP contribution < -0.4 is 15.5 Å². The quantitative estimate of drug-likeness (QED) is 0.511. The van der Waals surface area contributed by atoms with Crippen molar-refractivity contribution in [1.29, 1.82) is 0 Å². The molecule has 8 heteroatoms. The molecule has 2 aromatic carbocycles. The van der Waals surface area contributed by atoms with Crippen LogP contribution in [0.4, 0.5) is 11.6 Å². The predicted octanol–water partition coefficient (Wildman–Crippen LogP) is 2.64. The predicted molar refractivity (Wildman–Crippen MR) is 122 cm³/mol. The van der Waals surface area contributed by atoms with E-state index in [2.05, 4.69) is 0 Å². The van der Waals surface area contributed by atoms with Gasteiger partial charge in [-0.1, -0.05) is 31.2 Å². The zero-order chi connectivity index (χ0) is 21.5. The first-order chi connectivity index (χ1) is 15.1. The number of rotatable bonds is 4. The maximum absolute atomic E-state index is 13.4. The van der Waals surface area contributed by atoms with Crippen molar-refractivity contribution < 1.29 is 4.79 Å². The van der Waals surface area contributed by atoms with Gasteiger partial charge in [0.15, 0.2) is 11.6 Å². The molecule has 0 radical (unpaired) electrons. The van der Waals surface area contributed by atoms with E-state index in [1.807, 2.05) is 67.4 Å². The van der Waals surface area contributed by atoms with Gasteiger partial charge in [0.25, 0.3) is 0 Å². The largest absolute Gasteiger partial charge is 0.355 e. The van der Waals surface area contributed by atoms with E-state index in [9.17, 15) is 9.59 Å². The number of hydrogen-bond acceptors (Lipinski definition) is 5. The second-order valence-corrected chi connectivity index (χ2v) is 7.84. The first-order valence-corrected chi connectivity index (χ1v) is 10.5. The number of carbonyl (C=O) groups is 1. The molecule has 158 valence electrons. The van der Waals surface area contributed by atoms with E-state index in [-0.39, 0.29) is 18.1 Å². The highest BCUT2D eigenvalue weighted by molar-refractivity contribution is 5.98. The molecule has 0 aliphatic carbocycles. The monoisotopic (exact) mass is 416 g/mol. The fourth-order valence-electron chi connectivity index (χ4n) is 4.21. The number of amides is 1. The summed E-state index contributed by atoms with van der Waals surface area (Å²) in [5.41, 5.74) is 3.00. The van der Waals surface area contributed by atoms with E-state index in [0.717, 1.165) is 28.5 Å². The summed E-state index contributed by atoms with van der Waals surface area (Å²) >= 11 is 0. The molecule has 2 aromatic heterocycles. The second-order valence-electron chi connectivity index (χ2n) is 7.84. The molecular weight excluding hydrogens is 392 g/mol. The van der Waals surface area contributed by atoms with E-state index < -0.39 is 0 Å². The Morgan fingerprint density at radius 2 is 1.52 bits per heavy atom. The maximum Gasteiger partial charge on any atom is 0.329 e. The van der Waals surface area contributed by atoms with Gasteiger partial charge in [-0.15, -0.1) is 0 Å². The molecule has 4 aromatic rings. The van der Waals surface area contributed by atoms with Crippen molar-refractivity contribution in [3.8, 4) is 0 Å². The second kappa shape index (κ2) is 7.54. The van der Waals surface area contributed by atoms with Crippen LogP contribution in [-0.4, -0.2) is 45.1 Å². The lowest BCUT2D eigenvalue weighted by molar-refractivity contribution is -0.119. The normalized spacial score (nSPS) is 13.7. The number of aromatic nitrogens is 4. The zero-order valence-corrected chi connectivity index (χ0v) is 17.7. The van der Waals surface area contributed by atoms with Crippen LogP contribution >= 0.6 is 0 Å². The fourth-order valence-corrected chi connectivity index (χ4v) is 4.21. The van der Waals surface area contributed by atoms with Crippen molar-refractivity contribution in [3.63, 3.8) is 0 Å². The van der Waals surface area contributed by atoms with Crippen LogP contribution in [0.25, 0.3) is 22.1 Å². The molecular formula is C23H24N6O2. The van der Waals surface area contributed by atoms with Gasteiger partial charge in [0.2, 0.25) is 5.91 Å². The van der Waals surface area contributed by atoms with Crippen molar-refractivity contribution >= 4 is 39.6 Å². The van der Waals surface area contributed by atoms with Crippen LogP contribution in [0.5, 0.6) is 0 Å². The number of anilines is 2. The molecule has 3 heterocycles. The Bertz CT molecular complexity index is 1360. The third kappa shape index (κ3) is 3.15. The molecule has 0 N–H and O–H groups in total. The van der Waals surface area contributed by atoms with Crippen LogP contribution in [0, 0.1) is 0 Å². The number of para-hydroxylation sites is 4. The van der Waals surface area contributed by atoms with Crippen molar-refractivity contribution in [2.24, 2.45) is 0 Å². The molecule has 0 saturated carbocycles. The third-order valence-corrected chi connectivity index (χ3v) is 5.78. The number of nitrogens with zero attached hydrogens (tertiary/aromatic N) is 6. The molecule has 0 bridgehead atoms. The topological polar surface area (TPSA) is 76.3 Å². The molecule has 5 rings (SSSR count). The Balaban J connectivity index is 1.56. The van der Waals surface area contributed by atoms with Gasteiger partial charge < -0.3 is 4.90 Å². The molecule has 8 nitrogen and oxygen atoms in total. The van der Waals surface area contributed by atoms with E-state index in [0.29, 0.717) is 31.3 Å². The van der Waals surface area contributed by atoms with Gasteiger partial charge in [0, 0.05) is 26.7 Å². The summed E-state index contributed by atoms with van der Waals surface area (Å²) in [5.74, 6) is 1.06. The average molecular weight is 416 g/mol. The SMILES string of the molecule is CCCn1c(=O)n(CC(=O)N2CCN(C)c3nc4ccccc4nc32)c2ccccc21. The van der Waals surface area contributed by atoms with Gasteiger partial charge in [-0.05, 0) is 30.7 Å². The summed E-state index contributed by atoms with van der Waals surface area (Å²) in [6.45, 7) is 3.77. The summed E-state index contributed by atoms with van der Waals surface area (Å²) in [5, 5.41) is 0. The minimum atomic E-state index is -0.166. The number of carbonyl (C=O) groups excluding carboxylic acids is 1. The minimum absolute atomic E-state index is 0.0340. The number of imidazole rings is 1. The van der Waals surface area contributed by atoms with Crippen molar-refractivity contribution in [2.75, 3.05) is 29.9 Å². The summed E-state index contributed by atoms with van der Waals surface area (Å²) < 4.78 is 3.31. The Morgan fingerprint density at radius 1 is 0.903 bits per heavy atom. The fraction of sp³-hybridized carbons (Fsp3) is 0.304. The van der Waals surface area contributed by atoms with Crippen molar-refractivity contribution in [2.45, 2.75) is 26.4 Å². The number of hydrogen-bond donors (Lipinski definition) is 0. The summed E-state index contributed by atoms with van der Waals surface area (Å²) in [7, 11) is 1.95. The molecule has 1 aliphatic rings. The Kier molecular flexibility index (Phi) is 4.69. The molecule has 0 saturated heterocycles. The highest BCUT2D eigenvalue weighted by Crippen LogP contribution is 2.30. The Morgan fingerprint density at radius 3 is 2.19 bits per heavy atom. The first kappa shape index (κ1) is 19.3. The van der Waals surface area contributed by atoms with Gasteiger partial charge in [0.1, 0.15) is 6.54 Å². The summed E-state index contributed by atoms with van der Waals surface area (Å²) in [4.78, 5) is 39.6. The van der Waals surface area contributed by atoms with Gasteiger partial charge >= 0.3 is 5.69 Å². The third-order valence-electron chi connectivity index (χ3n) is 5.78. The van der Waals surface area contributed by atoms with E-state index in [4.69, 9.17) is 9.97 Å². The molecule has 31 heavy (non-hydrogen) atoms. The number of likely N-dealkylation sites (N-methyl/N-ethyl adjacent to an activating group) is 1. The zero-order valence-electron chi connectivity index (χ0n) is 17.7. The van der Waals surface area contributed by atoms with E-state index >= 15 is 0 Å². The van der Waals surface area contributed by atoms with Crippen LogP contribution in [0.3, 0.4) is 0 Å². The number of fused-ring (bicyclic) bond motifs is 3. The van der Waals surface area contributed by atoms with Gasteiger partial charge in [0.05, 0.1) is 22.1 Å². The highest BCUT2D eigenvalue weighted by Gasteiger charge is 2.29. The summed E-state index contributed by atoms with van der Waals surface area (Å²) in [6, 6.07) is 15.3. The number of aryl methyl sites for hydroxylation is 1. The van der Waals surface area contributed by atoms with Crippen LogP contribution in [0.2, 0.25) is 0 Å². The van der Waals surface area contributed by atoms with Gasteiger partial charge in [-0.2, -0.15) is 0 Å². The highest BCUT2D eigenvalue weighted by atomic mass is 16.2. The molecule has 0 fully saturated rings. The van der Waals surface area contributed by atoms with Crippen LogP contribution in [0.1, 0.15) is 13.3 Å². The standard InChI is InChI=1S/C23H24N6O2/c1-3-12-27-18-10-6-7-11-19(18)29(23(27)31)15-20(30)28-14-13-26(2)21-22(28)25-17-9-5-4-8-16(17)24-21/h4-11H,3,12-15H2,1-2H3. The smallest absolute Gasteiger partial charge is 0.329 e. The molecule has 1 amide bonds. The van der Waals surface area contributed by atoms with Gasteiger partial charge in [-0.25, -0.2) is 14.8 Å². The van der Waals surface area contributed by atoms with E-state index in [1.54, 1.807) is 14.0 Å².